The van der Waals surface area contributed by atoms with E-state index in [1.807, 2.05) is 4.90 Å². The molecule has 1 aromatic carbocycles. The molecule has 136 valence electrons. The minimum absolute atomic E-state index is 0.194. The molecule has 2 amide bonds. The summed E-state index contributed by atoms with van der Waals surface area (Å²) in [7, 11) is 0. The van der Waals surface area contributed by atoms with Crippen molar-refractivity contribution in [2.75, 3.05) is 13.1 Å². The molecule has 1 aromatic rings. The second-order valence-corrected chi connectivity index (χ2v) is 7.22. The van der Waals surface area contributed by atoms with Crippen molar-refractivity contribution in [3.8, 4) is 5.75 Å². The van der Waals surface area contributed by atoms with E-state index in [2.05, 4.69) is 5.32 Å². The van der Waals surface area contributed by atoms with Gasteiger partial charge in [0.25, 0.3) is 0 Å². The fourth-order valence-corrected chi connectivity index (χ4v) is 3.57. The summed E-state index contributed by atoms with van der Waals surface area (Å²) in [6.45, 7) is 1.50. The number of benzene rings is 1. The summed E-state index contributed by atoms with van der Waals surface area (Å²) in [6.07, 6.45) is 5.43. The van der Waals surface area contributed by atoms with Gasteiger partial charge in [-0.2, -0.15) is 0 Å². The zero-order valence-corrected chi connectivity index (χ0v) is 14.5. The first-order valence-corrected chi connectivity index (χ1v) is 9.15. The Labute approximate surface area is 148 Å². The molecule has 1 heterocycles. The monoisotopic (exact) mass is 345 g/mol. The lowest BCUT2D eigenvalue weighted by atomic mass is 9.84. The molecule has 0 spiro atoms. The number of phenols is 1. The number of nitrogens with zero attached hydrogens (tertiary/aromatic N) is 1. The van der Waals surface area contributed by atoms with Crippen LogP contribution in [0.2, 0.25) is 0 Å². The molecular weight excluding hydrogens is 318 g/mol. The predicted octanol–water partition coefficient (Wildman–Crippen LogP) is 1.17. The van der Waals surface area contributed by atoms with Gasteiger partial charge in [-0.15, -0.1) is 0 Å². The third kappa shape index (κ3) is 4.51. The Bertz CT molecular complexity index is 605. The number of rotatable bonds is 6. The van der Waals surface area contributed by atoms with Crippen LogP contribution in [-0.4, -0.2) is 47.0 Å². The van der Waals surface area contributed by atoms with Crippen LogP contribution in [0.3, 0.4) is 0 Å². The molecule has 25 heavy (non-hydrogen) atoms. The number of phenolic OH excluding ortho intramolecular Hbond substituents is 1. The summed E-state index contributed by atoms with van der Waals surface area (Å²) in [6, 6.07) is 6.57. The second kappa shape index (κ2) is 7.87. The highest BCUT2D eigenvalue weighted by molar-refractivity contribution is 5.80. The lowest BCUT2D eigenvalue weighted by Crippen LogP contribution is -2.53. The van der Waals surface area contributed by atoms with Gasteiger partial charge in [-0.3, -0.25) is 9.59 Å². The maximum atomic E-state index is 12.3. The van der Waals surface area contributed by atoms with Gasteiger partial charge < -0.3 is 21.1 Å². The number of carbonyl (C=O) groups excluding carboxylic acids is 2. The Kier molecular flexibility index (Phi) is 5.58. The zero-order valence-electron chi connectivity index (χ0n) is 14.5. The van der Waals surface area contributed by atoms with E-state index in [0.29, 0.717) is 12.3 Å². The SMILES string of the molecule is NC(=O)[C@H](Cc1ccc(O)cc1)NC1CCN(C(=O)C2CCC2)CC1. The van der Waals surface area contributed by atoms with E-state index < -0.39 is 6.04 Å². The number of nitrogens with one attached hydrogen (secondary N) is 1. The van der Waals surface area contributed by atoms with E-state index in [1.165, 1.54) is 6.42 Å². The van der Waals surface area contributed by atoms with Crippen molar-refractivity contribution >= 4 is 11.8 Å². The van der Waals surface area contributed by atoms with Gasteiger partial charge >= 0.3 is 0 Å². The maximum Gasteiger partial charge on any atom is 0.234 e. The number of hydrogen-bond donors (Lipinski definition) is 3. The van der Waals surface area contributed by atoms with E-state index in [1.54, 1.807) is 24.3 Å². The summed E-state index contributed by atoms with van der Waals surface area (Å²) in [4.78, 5) is 26.1. The molecule has 1 saturated carbocycles. The van der Waals surface area contributed by atoms with Gasteiger partial charge in [0.05, 0.1) is 6.04 Å². The Balaban J connectivity index is 1.50. The molecule has 0 unspecified atom stereocenters. The number of carbonyl (C=O) groups is 2. The zero-order chi connectivity index (χ0) is 17.8. The Morgan fingerprint density at radius 1 is 1.16 bits per heavy atom. The highest BCUT2D eigenvalue weighted by atomic mass is 16.3. The molecule has 4 N–H and O–H groups in total. The van der Waals surface area contributed by atoms with Crippen LogP contribution in [0.4, 0.5) is 0 Å². The fourth-order valence-electron chi connectivity index (χ4n) is 3.57. The first-order valence-electron chi connectivity index (χ1n) is 9.15. The van der Waals surface area contributed by atoms with Crippen LogP contribution in [0.1, 0.15) is 37.7 Å². The third-order valence-corrected chi connectivity index (χ3v) is 5.42. The average molecular weight is 345 g/mol. The number of hydrogen-bond acceptors (Lipinski definition) is 4. The molecule has 1 atom stereocenters. The fraction of sp³-hybridized carbons (Fsp3) is 0.579. The van der Waals surface area contributed by atoms with Crippen LogP contribution in [-0.2, 0) is 16.0 Å². The molecule has 6 heteroatoms. The van der Waals surface area contributed by atoms with Crippen LogP contribution in [0.15, 0.2) is 24.3 Å². The van der Waals surface area contributed by atoms with Crippen LogP contribution >= 0.6 is 0 Å². The molecule has 2 fully saturated rings. The van der Waals surface area contributed by atoms with Gasteiger partial charge in [-0.05, 0) is 49.8 Å². The molecule has 0 aromatic heterocycles. The Morgan fingerprint density at radius 3 is 2.32 bits per heavy atom. The van der Waals surface area contributed by atoms with Gasteiger partial charge in [-0.1, -0.05) is 18.6 Å². The summed E-state index contributed by atoms with van der Waals surface area (Å²) < 4.78 is 0. The first-order chi connectivity index (χ1) is 12.0. The highest BCUT2D eigenvalue weighted by Gasteiger charge is 2.32. The largest absolute Gasteiger partial charge is 0.508 e. The number of amides is 2. The number of nitrogens with two attached hydrogens (primary N) is 1. The Hall–Kier alpha value is -2.08. The minimum atomic E-state index is -0.441. The first kappa shape index (κ1) is 17.7. The third-order valence-electron chi connectivity index (χ3n) is 5.42. The van der Waals surface area contributed by atoms with Gasteiger partial charge in [-0.25, -0.2) is 0 Å². The van der Waals surface area contributed by atoms with Crippen molar-refractivity contribution in [1.29, 1.82) is 0 Å². The number of piperidine rings is 1. The number of aromatic hydroxyl groups is 1. The predicted molar refractivity (Wildman–Crippen MR) is 94.9 cm³/mol. The van der Waals surface area contributed by atoms with E-state index in [4.69, 9.17) is 5.73 Å². The van der Waals surface area contributed by atoms with Crippen LogP contribution < -0.4 is 11.1 Å². The number of likely N-dealkylation sites (tertiary alicyclic amines) is 1. The summed E-state index contributed by atoms with van der Waals surface area (Å²) >= 11 is 0. The quantitative estimate of drug-likeness (QED) is 0.721. The minimum Gasteiger partial charge on any atom is -0.508 e. The molecule has 1 aliphatic heterocycles. The summed E-state index contributed by atoms with van der Waals surface area (Å²) in [5.74, 6) is 0.384. The van der Waals surface area contributed by atoms with Gasteiger partial charge in [0.2, 0.25) is 11.8 Å². The Morgan fingerprint density at radius 2 is 1.80 bits per heavy atom. The molecular formula is C19H27N3O3. The van der Waals surface area contributed by atoms with E-state index in [-0.39, 0.29) is 23.6 Å². The summed E-state index contributed by atoms with van der Waals surface area (Å²) in [5, 5.41) is 12.7. The van der Waals surface area contributed by atoms with E-state index in [9.17, 15) is 14.7 Å². The van der Waals surface area contributed by atoms with Gasteiger partial charge in [0.15, 0.2) is 0 Å². The van der Waals surface area contributed by atoms with Crippen molar-refractivity contribution in [1.82, 2.24) is 10.2 Å². The molecule has 2 aliphatic rings. The van der Waals surface area contributed by atoms with E-state index >= 15 is 0 Å². The maximum absolute atomic E-state index is 12.3. The smallest absolute Gasteiger partial charge is 0.234 e. The molecule has 1 aliphatic carbocycles. The average Bonchev–Trinajstić information content (AvgIpc) is 2.55. The van der Waals surface area contributed by atoms with E-state index in [0.717, 1.165) is 44.3 Å². The molecule has 0 radical (unpaired) electrons. The molecule has 6 nitrogen and oxygen atoms in total. The lowest BCUT2D eigenvalue weighted by molar-refractivity contribution is -0.139. The van der Waals surface area contributed by atoms with Crippen LogP contribution in [0.25, 0.3) is 0 Å². The topological polar surface area (TPSA) is 95.7 Å². The highest BCUT2D eigenvalue weighted by Crippen LogP contribution is 2.29. The second-order valence-electron chi connectivity index (χ2n) is 7.22. The van der Waals surface area contributed by atoms with Crippen LogP contribution in [0.5, 0.6) is 5.75 Å². The molecule has 3 rings (SSSR count). The lowest BCUT2D eigenvalue weighted by Gasteiger charge is -2.37. The van der Waals surface area contributed by atoms with Crippen LogP contribution in [0, 0.1) is 5.92 Å². The van der Waals surface area contributed by atoms with Gasteiger partial charge in [0.1, 0.15) is 5.75 Å². The number of primary amides is 1. The summed E-state index contributed by atoms with van der Waals surface area (Å²) in [5.41, 5.74) is 6.51. The molecule has 0 bridgehead atoms. The van der Waals surface area contributed by atoms with Crippen molar-refractivity contribution < 1.29 is 14.7 Å². The van der Waals surface area contributed by atoms with Crippen molar-refractivity contribution in [2.45, 2.75) is 50.6 Å². The van der Waals surface area contributed by atoms with Gasteiger partial charge in [0, 0.05) is 25.0 Å². The van der Waals surface area contributed by atoms with Crippen molar-refractivity contribution in [3.63, 3.8) is 0 Å². The molecule has 1 saturated heterocycles. The van der Waals surface area contributed by atoms with Crippen molar-refractivity contribution in [3.05, 3.63) is 29.8 Å². The van der Waals surface area contributed by atoms with Crippen molar-refractivity contribution in [2.24, 2.45) is 11.7 Å². The standard InChI is InChI=1S/C19H27N3O3/c20-18(24)17(12-13-4-6-16(23)7-5-13)21-15-8-10-22(11-9-15)19(25)14-2-1-3-14/h4-7,14-15,17,21,23H,1-3,8-12H2,(H2,20,24)/t17-/m0/s1. The normalized spacial score (nSPS) is 20.1.